The maximum atomic E-state index is 11.7. The highest BCUT2D eigenvalue weighted by Gasteiger charge is 2.08. The number of anilines is 3. The Hall–Kier alpha value is -3.41. The molecule has 26 heavy (non-hydrogen) atoms. The summed E-state index contributed by atoms with van der Waals surface area (Å²) in [6, 6.07) is 19.0. The number of hydrogen-bond donors (Lipinski definition) is 1. The number of nitrogens with one attached hydrogen (secondary N) is 1. The molecule has 0 saturated heterocycles. The molecule has 1 N–H and O–H groups in total. The molecule has 1 heterocycles. The van der Waals surface area contributed by atoms with Crippen molar-refractivity contribution in [1.82, 2.24) is 9.97 Å². The Morgan fingerprint density at radius 2 is 1.92 bits per heavy atom. The van der Waals surface area contributed by atoms with Gasteiger partial charge >= 0.3 is 5.97 Å². The fourth-order valence-corrected chi connectivity index (χ4v) is 2.52. The molecule has 2 aromatic carbocycles. The molecule has 0 fully saturated rings. The first kappa shape index (κ1) is 17.4. The highest BCUT2D eigenvalue weighted by atomic mass is 16.5. The van der Waals surface area contributed by atoms with E-state index in [1.54, 1.807) is 30.5 Å². The van der Waals surface area contributed by atoms with Crippen LogP contribution in [-0.2, 0) is 11.3 Å². The number of methoxy groups -OCH3 is 1. The van der Waals surface area contributed by atoms with Gasteiger partial charge in [-0.3, -0.25) is 0 Å². The van der Waals surface area contributed by atoms with Gasteiger partial charge in [0.1, 0.15) is 5.82 Å². The minimum absolute atomic E-state index is 0.375. The zero-order valence-electron chi connectivity index (χ0n) is 14.7. The predicted molar refractivity (Wildman–Crippen MR) is 102 cm³/mol. The van der Waals surface area contributed by atoms with E-state index in [2.05, 4.69) is 27.4 Å². The van der Waals surface area contributed by atoms with Crippen LogP contribution in [0.2, 0.25) is 0 Å². The SMILES string of the molecule is COC(=O)c1cccc(Nc2ccnc(N(C)Cc3ccccc3)n2)c1. The third kappa shape index (κ3) is 4.36. The van der Waals surface area contributed by atoms with Gasteiger partial charge < -0.3 is 15.0 Å². The van der Waals surface area contributed by atoms with Crippen LogP contribution in [0.15, 0.2) is 66.9 Å². The number of benzene rings is 2. The van der Waals surface area contributed by atoms with Crippen LogP contribution >= 0.6 is 0 Å². The molecule has 0 unspecified atom stereocenters. The summed E-state index contributed by atoms with van der Waals surface area (Å²) in [5, 5.41) is 3.20. The lowest BCUT2D eigenvalue weighted by molar-refractivity contribution is 0.0601. The van der Waals surface area contributed by atoms with Crippen molar-refractivity contribution in [3.63, 3.8) is 0 Å². The van der Waals surface area contributed by atoms with Crippen molar-refractivity contribution in [3.05, 3.63) is 78.0 Å². The van der Waals surface area contributed by atoms with Crippen LogP contribution in [-0.4, -0.2) is 30.1 Å². The summed E-state index contributed by atoms with van der Waals surface area (Å²) in [7, 11) is 3.31. The Morgan fingerprint density at radius 1 is 1.12 bits per heavy atom. The number of carbonyl (C=O) groups is 1. The fourth-order valence-electron chi connectivity index (χ4n) is 2.52. The van der Waals surface area contributed by atoms with Crippen LogP contribution in [0.3, 0.4) is 0 Å². The molecule has 3 rings (SSSR count). The largest absolute Gasteiger partial charge is 0.465 e. The standard InChI is InChI=1S/C20H20N4O2/c1-24(14-15-7-4-3-5-8-15)20-21-12-11-18(23-20)22-17-10-6-9-16(13-17)19(25)26-2/h3-13H,14H2,1-2H3,(H,21,22,23). The maximum Gasteiger partial charge on any atom is 0.337 e. The molecule has 0 aliphatic carbocycles. The molecule has 0 amide bonds. The van der Waals surface area contributed by atoms with Gasteiger partial charge in [0.25, 0.3) is 0 Å². The topological polar surface area (TPSA) is 67.3 Å². The second-order valence-corrected chi connectivity index (χ2v) is 5.78. The summed E-state index contributed by atoms with van der Waals surface area (Å²) in [5.41, 5.74) is 2.42. The van der Waals surface area contributed by atoms with Gasteiger partial charge in [0, 0.05) is 25.5 Å². The van der Waals surface area contributed by atoms with Gasteiger partial charge in [-0.15, -0.1) is 0 Å². The van der Waals surface area contributed by atoms with Crippen LogP contribution in [0.25, 0.3) is 0 Å². The lowest BCUT2D eigenvalue weighted by Crippen LogP contribution is -2.19. The fraction of sp³-hybridized carbons (Fsp3) is 0.150. The van der Waals surface area contributed by atoms with E-state index in [4.69, 9.17) is 4.74 Å². The molecule has 0 radical (unpaired) electrons. The zero-order chi connectivity index (χ0) is 18.4. The van der Waals surface area contributed by atoms with Crippen molar-refractivity contribution in [2.75, 3.05) is 24.4 Å². The summed E-state index contributed by atoms with van der Waals surface area (Å²) in [6.07, 6.45) is 1.70. The van der Waals surface area contributed by atoms with Gasteiger partial charge in [0.05, 0.1) is 12.7 Å². The minimum atomic E-state index is -0.375. The summed E-state index contributed by atoms with van der Waals surface area (Å²) in [4.78, 5) is 22.5. The van der Waals surface area contributed by atoms with E-state index in [1.165, 1.54) is 12.7 Å². The molecule has 6 heteroatoms. The van der Waals surface area contributed by atoms with Crippen molar-refractivity contribution in [2.45, 2.75) is 6.54 Å². The second-order valence-electron chi connectivity index (χ2n) is 5.78. The van der Waals surface area contributed by atoms with Crippen molar-refractivity contribution >= 4 is 23.4 Å². The van der Waals surface area contributed by atoms with E-state index >= 15 is 0 Å². The molecule has 0 aliphatic heterocycles. The number of hydrogen-bond acceptors (Lipinski definition) is 6. The third-order valence-corrected chi connectivity index (χ3v) is 3.80. The normalized spacial score (nSPS) is 10.2. The highest BCUT2D eigenvalue weighted by molar-refractivity contribution is 5.90. The van der Waals surface area contributed by atoms with Gasteiger partial charge in [-0.05, 0) is 29.8 Å². The van der Waals surface area contributed by atoms with E-state index in [1.807, 2.05) is 36.2 Å². The monoisotopic (exact) mass is 348 g/mol. The average molecular weight is 348 g/mol. The smallest absolute Gasteiger partial charge is 0.337 e. The van der Waals surface area contributed by atoms with Crippen LogP contribution in [0.4, 0.5) is 17.5 Å². The van der Waals surface area contributed by atoms with Crippen molar-refractivity contribution in [3.8, 4) is 0 Å². The Kier molecular flexibility index (Phi) is 5.43. The zero-order valence-corrected chi connectivity index (χ0v) is 14.7. The number of aromatic nitrogens is 2. The lowest BCUT2D eigenvalue weighted by atomic mass is 10.2. The van der Waals surface area contributed by atoms with E-state index < -0.39 is 0 Å². The molecular formula is C20H20N4O2. The van der Waals surface area contributed by atoms with E-state index in [0.29, 0.717) is 23.9 Å². The van der Waals surface area contributed by atoms with Crippen LogP contribution in [0, 0.1) is 0 Å². The molecule has 0 spiro atoms. The molecule has 0 aliphatic rings. The number of rotatable bonds is 6. The molecule has 3 aromatic rings. The molecule has 132 valence electrons. The number of nitrogens with zero attached hydrogens (tertiary/aromatic N) is 3. The summed E-state index contributed by atoms with van der Waals surface area (Å²) in [6.45, 7) is 0.710. The summed E-state index contributed by atoms with van der Waals surface area (Å²) < 4.78 is 4.75. The van der Waals surface area contributed by atoms with Gasteiger partial charge in [0.15, 0.2) is 0 Å². The number of ether oxygens (including phenoxy) is 1. The first-order valence-electron chi connectivity index (χ1n) is 8.19. The third-order valence-electron chi connectivity index (χ3n) is 3.80. The van der Waals surface area contributed by atoms with E-state index in [9.17, 15) is 4.79 Å². The average Bonchev–Trinajstić information content (AvgIpc) is 2.68. The first-order valence-corrected chi connectivity index (χ1v) is 8.19. The molecule has 6 nitrogen and oxygen atoms in total. The van der Waals surface area contributed by atoms with Crippen molar-refractivity contribution in [1.29, 1.82) is 0 Å². The Labute approximate surface area is 152 Å². The highest BCUT2D eigenvalue weighted by Crippen LogP contribution is 2.18. The molecular weight excluding hydrogens is 328 g/mol. The van der Waals surface area contributed by atoms with E-state index in [-0.39, 0.29) is 5.97 Å². The van der Waals surface area contributed by atoms with E-state index in [0.717, 1.165) is 5.69 Å². The molecule has 0 bridgehead atoms. The summed E-state index contributed by atoms with van der Waals surface area (Å²) in [5.74, 6) is 0.888. The Morgan fingerprint density at radius 3 is 2.69 bits per heavy atom. The second kappa shape index (κ2) is 8.11. The van der Waals surface area contributed by atoms with Gasteiger partial charge in [-0.25, -0.2) is 9.78 Å². The van der Waals surface area contributed by atoms with Crippen molar-refractivity contribution in [2.24, 2.45) is 0 Å². The number of esters is 1. The predicted octanol–water partition coefficient (Wildman–Crippen LogP) is 3.64. The lowest BCUT2D eigenvalue weighted by Gasteiger charge is -2.18. The van der Waals surface area contributed by atoms with Gasteiger partial charge in [0.2, 0.25) is 5.95 Å². The molecule has 0 saturated carbocycles. The minimum Gasteiger partial charge on any atom is -0.465 e. The van der Waals surface area contributed by atoms with Crippen molar-refractivity contribution < 1.29 is 9.53 Å². The van der Waals surface area contributed by atoms with Crippen LogP contribution in [0.5, 0.6) is 0 Å². The Balaban J connectivity index is 1.74. The van der Waals surface area contributed by atoms with Gasteiger partial charge in [-0.1, -0.05) is 36.4 Å². The number of carbonyl (C=O) groups excluding carboxylic acids is 1. The van der Waals surface area contributed by atoms with Gasteiger partial charge in [-0.2, -0.15) is 4.98 Å². The maximum absolute atomic E-state index is 11.7. The molecule has 1 aromatic heterocycles. The Bertz CT molecular complexity index is 884. The molecule has 0 atom stereocenters. The summed E-state index contributed by atoms with van der Waals surface area (Å²) >= 11 is 0. The van der Waals surface area contributed by atoms with Crippen LogP contribution < -0.4 is 10.2 Å². The van der Waals surface area contributed by atoms with Crippen LogP contribution in [0.1, 0.15) is 15.9 Å². The quantitative estimate of drug-likeness (QED) is 0.686. The first-order chi connectivity index (χ1) is 12.7.